The van der Waals surface area contributed by atoms with Crippen molar-refractivity contribution >= 4 is 11.9 Å². The lowest BCUT2D eigenvalue weighted by molar-refractivity contribution is -0.125. The number of carbonyl (C=O) groups is 2. The van der Waals surface area contributed by atoms with Crippen molar-refractivity contribution in [1.82, 2.24) is 20.9 Å². The van der Waals surface area contributed by atoms with Crippen LogP contribution < -0.4 is 16.0 Å². The molecule has 0 aromatic heterocycles. The fourth-order valence-electron chi connectivity index (χ4n) is 2.98. The quantitative estimate of drug-likeness (QED) is 0.678. The summed E-state index contributed by atoms with van der Waals surface area (Å²) in [6.45, 7) is 6.00. The summed E-state index contributed by atoms with van der Waals surface area (Å²) in [6.07, 6.45) is -0.132. The molecular weight excluding hydrogens is 320 g/mol. The van der Waals surface area contributed by atoms with Crippen LogP contribution in [-0.4, -0.2) is 61.8 Å². The van der Waals surface area contributed by atoms with E-state index in [1.165, 1.54) is 0 Å². The van der Waals surface area contributed by atoms with Crippen LogP contribution in [0.2, 0.25) is 0 Å². The first-order chi connectivity index (χ1) is 12.0. The maximum absolute atomic E-state index is 12.4. The second kappa shape index (κ2) is 9.39. The van der Waals surface area contributed by atoms with E-state index in [1.54, 1.807) is 7.11 Å². The minimum atomic E-state index is -0.289. The van der Waals surface area contributed by atoms with Gasteiger partial charge in [0.15, 0.2) is 0 Å². The van der Waals surface area contributed by atoms with Gasteiger partial charge in [0, 0.05) is 33.3 Å². The highest BCUT2D eigenvalue weighted by Crippen LogP contribution is 2.16. The van der Waals surface area contributed by atoms with Crippen LogP contribution in [0.15, 0.2) is 30.3 Å². The number of ether oxygens (including phenoxy) is 1. The van der Waals surface area contributed by atoms with Gasteiger partial charge in [0.05, 0.1) is 18.2 Å². The third kappa shape index (κ3) is 5.44. The van der Waals surface area contributed by atoms with Gasteiger partial charge in [-0.05, 0) is 19.4 Å². The van der Waals surface area contributed by atoms with E-state index < -0.39 is 0 Å². The predicted molar refractivity (Wildman–Crippen MR) is 96.1 cm³/mol. The van der Waals surface area contributed by atoms with Gasteiger partial charge in [0.25, 0.3) is 0 Å². The molecule has 0 bridgehead atoms. The van der Waals surface area contributed by atoms with Crippen molar-refractivity contribution in [3.63, 3.8) is 0 Å². The summed E-state index contributed by atoms with van der Waals surface area (Å²) in [6, 6.07) is 9.17. The summed E-state index contributed by atoms with van der Waals surface area (Å²) in [4.78, 5) is 26.2. The lowest BCUT2D eigenvalue weighted by Gasteiger charge is -2.23. The smallest absolute Gasteiger partial charge is 0.315 e. The van der Waals surface area contributed by atoms with E-state index in [4.69, 9.17) is 4.74 Å². The Morgan fingerprint density at radius 3 is 2.60 bits per heavy atom. The largest absolute Gasteiger partial charge is 0.378 e. The van der Waals surface area contributed by atoms with Crippen molar-refractivity contribution in [2.24, 2.45) is 0 Å². The van der Waals surface area contributed by atoms with Crippen LogP contribution in [0.5, 0.6) is 0 Å². The maximum atomic E-state index is 12.4. The Morgan fingerprint density at radius 2 is 1.96 bits per heavy atom. The van der Waals surface area contributed by atoms with Crippen LogP contribution >= 0.6 is 0 Å². The first-order valence-electron chi connectivity index (χ1n) is 8.68. The molecule has 2 unspecified atom stereocenters. The van der Waals surface area contributed by atoms with Gasteiger partial charge in [0.2, 0.25) is 5.91 Å². The fraction of sp³-hybridized carbons (Fsp3) is 0.556. The first-order valence-corrected chi connectivity index (χ1v) is 8.68. The lowest BCUT2D eigenvalue weighted by atomic mass is 10.2. The van der Waals surface area contributed by atoms with E-state index in [1.807, 2.05) is 49.1 Å². The van der Waals surface area contributed by atoms with Crippen molar-refractivity contribution in [1.29, 1.82) is 0 Å². The van der Waals surface area contributed by atoms with Gasteiger partial charge in [-0.15, -0.1) is 0 Å². The molecule has 2 rings (SSSR count). The summed E-state index contributed by atoms with van der Waals surface area (Å²) in [5, 5.41) is 8.60. The zero-order valence-electron chi connectivity index (χ0n) is 15.1. The van der Waals surface area contributed by atoms with E-state index in [2.05, 4.69) is 16.0 Å². The summed E-state index contributed by atoms with van der Waals surface area (Å²) in [5.74, 6) is -0.0302. The molecule has 7 heteroatoms. The molecule has 0 saturated carbocycles. The van der Waals surface area contributed by atoms with Crippen molar-refractivity contribution in [2.75, 3.05) is 26.7 Å². The van der Waals surface area contributed by atoms with Crippen LogP contribution in [0.25, 0.3) is 0 Å². The number of hydrogen-bond donors (Lipinski definition) is 3. The Hall–Kier alpha value is -2.12. The van der Waals surface area contributed by atoms with Crippen LogP contribution in [0, 0.1) is 0 Å². The topological polar surface area (TPSA) is 82.7 Å². The summed E-state index contributed by atoms with van der Waals surface area (Å²) in [5.41, 5.74) is 1.06. The van der Waals surface area contributed by atoms with E-state index in [9.17, 15) is 9.59 Å². The Morgan fingerprint density at radius 1 is 1.24 bits per heavy atom. The van der Waals surface area contributed by atoms with Gasteiger partial charge in [0.1, 0.15) is 0 Å². The van der Waals surface area contributed by atoms with Gasteiger partial charge in [-0.25, -0.2) is 4.79 Å². The van der Waals surface area contributed by atoms with Crippen LogP contribution in [0.4, 0.5) is 4.79 Å². The molecule has 3 atom stereocenters. The Balaban J connectivity index is 1.87. The molecule has 1 aliphatic heterocycles. The molecule has 7 nitrogen and oxygen atoms in total. The van der Waals surface area contributed by atoms with Gasteiger partial charge >= 0.3 is 6.03 Å². The fourth-order valence-corrected chi connectivity index (χ4v) is 2.98. The molecule has 1 fully saturated rings. The monoisotopic (exact) mass is 348 g/mol. The third-order valence-corrected chi connectivity index (χ3v) is 4.49. The molecule has 1 aliphatic rings. The molecule has 3 amide bonds. The average molecular weight is 348 g/mol. The number of methoxy groups -OCH3 is 1. The van der Waals surface area contributed by atoms with Crippen LogP contribution in [0.1, 0.15) is 19.4 Å². The number of likely N-dealkylation sites (tertiary alicyclic amines) is 1. The number of amides is 3. The number of hydrogen-bond acceptors (Lipinski definition) is 4. The second-order valence-corrected chi connectivity index (χ2v) is 6.22. The summed E-state index contributed by atoms with van der Waals surface area (Å²) < 4.78 is 5.48. The Bertz CT molecular complexity index is 567. The SMILES string of the molecule is CCNC(=O)NC1CN(C(C)C(=O)NCc2ccccc2)C[C@@H]1OC. The number of benzene rings is 1. The molecule has 1 aromatic carbocycles. The molecule has 1 saturated heterocycles. The molecule has 0 spiro atoms. The van der Waals surface area contributed by atoms with Gasteiger partial charge < -0.3 is 20.7 Å². The maximum Gasteiger partial charge on any atom is 0.315 e. The number of nitrogens with zero attached hydrogens (tertiary/aromatic N) is 1. The normalized spacial score (nSPS) is 21.6. The minimum absolute atomic E-state index is 0.0302. The highest BCUT2D eigenvalue weighted by Gasteiger charge is 2.37. The van der Waals surface area contributed by atoms with Crippen LogP contribution in [0.3, 0.4) is 0 Å². The van der Waals surface area contributed by atoms with Gasteiger partial charge in [-0.3, -0.25) is 9.69 Å². The lowest BCUT2D eigenvalue weighted by Crippen LogP contribution is -2.48. The van der Waals surface area contributed by atoms with Crippen molar-refractivity contribution in [3.8, 4) is 0 Å². The molecule has 0 radical (unpaired) electrons. The number of carbonyl (C=O) groups excluding carboxylic acids is 2. The van der Waals surface area contributed by atoms with Gasteiger partial charge in [-0.1, -0.05) is 30.3 Å². The Kier molecular flexibility index (Phi) is 7.21. The number of urea groups is 1. The van der Waals surface area contributed by atoms with Crippen molar-refractivity contribution in [3.05, 3.63) is 35.9 Å². The highest BCUT2D eigenvalue weighted by molar-refractivity contribution is 5.81. The first kappa shape index (κ1) is 19.2. The Labute approximate surface area is 149 Å². The molecule has 1 heterocycles. The summed E-state index contributed by atoms with van der Waals surface area (Å²) in [7, 11) is 1.63. The zero-order valence-corrected chi connectivity index (χ0v) is 15.1. The van der Waals surface area contributed by atoms with Crippen LogP contribution in [-0.2, 0) is 16.1 Å². The predicted octanol–water partition coefficient (Wildman–Crippen LogP) is 0.710. The van der Waals surface area contributed by atoms with Crippen molar-refractivity contribution < 1.29 is 14.3 Å². The summed E-state index contributed by atoms with van der Waals surface area (Å²) >= 11 is 0. The standard InChI is InChI=1S/C18H28N4O3/c1-4-19-18(24)21-15-11-22(12-16(15)25-3)13(2)17(23)20-10-14-8-6-5-7-9-14/h5-9,13,15-16H,4,10-12H2,1-3H3,(H,20,23)(H2,19,21,24)/t13?,15?,16-/m0/s1. The molecule has 25 heavy (non-hydrogen) atoms. The molecule has 1 aromatic rings. The van der Waals surface area contributed by atoms with E-state index in [0.29, 0.717) is 26.2 Å². The minimum Gasteiger partial charge on any atom is -0.378 e. The van der Waals surface area contributed by atoms with Crippen molar-refractivity contribution in [2.45, 2.75) is 38.6 Å². The molecule has 3 N–H and O–H groups in total. The number of rotatable bonds is 7. The van der Waals surface area contributed by atoms with E-state index in [-0.39, 0.29) is 30.1 Å². The molecular formula is C18H28N4O3. The highest BCUT2D eigenvalue weighted by atomic mass is 16.5. The zero-order chi connectivity index (χ0) is 18.2. The van der Waals surface area contributed by atoms with Gasteiger partial charge in [-0.2, -0.15) is 0 Å². The van der Waals surface area contributed by atoms with E-state index in [0.717, 1.165) is 5.56 Å². The second-order valence-electron chi connectivity index (χ2n) is 6.22. The third-order valence-electron chi connectivity index (χ3n) is 4.49. The molecule has 0 aliphatic carbocycles. The number of nitrogens with one attached hydrogen (secondary N) is 3. The molecule has 138 valence electrons. The van der Waals surface area contributed by atoms with E-state index >= 15 is 0 Å². The average Bonchev–Trinajstić information content (AvgIpc) is 3.02.